The molecule has 1 aromatic carbocycles. The number of nitro groups is 1. The zero-order chi connectivity index (χ0) is 22.1. The maximum atomic E-state index is 13.0. The van der Waals surface area contributed by atoms with Gasteiger partial charge in [0.1, 0.15) is 5.69 Å². The van der Waals surface area contributed by atoms with Crippen molar-refractivity contribution in [1.82, 2.24) is 14.2 Å². The number of carbonyl (C=O) groups excluding carboxylic acids is 1. The van der Waals surface area contributed by atoms with Crippen LogP contribution in [-0.2, 0) is 16.4 Å². The zero-order valence-electron chi connectivity index (χ0n) is 17.1. The Kier molecular flexibility index (Phi) is 6.53. The smallest absolute Gasteiger partial charge is 0.273 e. The number of benzene rings is 1. The molecule has 9 nitrogen and oxygen atoms in total. The summed E-state index contributed by atoms with van der Waals surface area (Å²) in [5, 5.41) is 13.7. The molecule has 1 amide bonds. The molecule has 0 saturated carbocycles. The Morgan fingerprint density at radius 2 is 1.93 bits per heavy atom. The number of hydrogen-bond donors (Lipinski definition) is 0. The number of nitrogens with zero attached hydrogens (tertiary/aromatic N) is 4. The Labute approximate surface area is 179 Å². The van der Waals surface area contributed by atoms with Crippen molar-refractivity contribution >= 4 is 33.0 Å². The number of non-ortho nitro benzene ring substituents is 1. The minimum atomic E-state index is -3.89. The molecule has 2 aromatic rings. The minimum absolute atomic E-state index is 0.0747. The highest BCUT2D eigenvalue weighted by atomic mass is 32.2. The van der Waals surface area contributed by atoms with Crippen molar-refractivity contribution in [2.75, 3.05) is 26.2 Å². The third kappa shape index (κ3) is 4.68. The van der Waals surface area contributed by atoms with E-state index in [4.69, 9.17) is 0 Å². The monoisotopic (exact) mass is 452 g/mol. The predicted molar refractivity (Wildman–Crippen MR) is 113 cm³/mol. The number of aromatic nitrogens is 1. The average Bonchev–Trinajstić information content (AvgIpc) is 3.15. The fraction of sp³-hybridized carbons (Fsp3) is 0.474. The van der Waals surface area contributed by atoms with Crippen LogP contribution in [0.4, 0.5) is 5.69 Å². The molecule has 0 atom stereocenters. The second kappa shape index (κ2) is 8.78. The van der Waals surface area contributed by atoms with Gasteiger partial charge in [0.25, 0.3) is 11.6 Å². The van der Waals surface area contributed by atoms with Gasteiger partial charge in [-0.05, 0) is 18.4 Å². The van der Waals surface area contributed by atoms with Crippen molar-refractivity contribution in [1.29, 1.82) is 0 Å². The number of nitro benzene ring substituents is 1. The van der Waals surface area contributed by atoms with E-state index >= 15 is 0 Å². The van der Waals surface area contributed by atoms with Gasteiger partial charge in [0.2, 0.25) is 10.0 Å². The Hall–Kier alpha value is -2.37. The standard InChI is InChI=1S/C19H24N4O5S2/c1-13(2)10-18-20-16(12-29-18)19(24)21-6-8-22(9-7-21)30(27,28)17-11-15(23(25)26)5-4-14(17)3/h4-5,11-13H,6-10H2,1-3H3. The number of rotatable bonds is 6. The summed E-state index contributed by atoms with van der Waals surface area (Å²) in [6, 6.07) is 3.81. The van der Waals surface area contributed by atoms with Gasteiger partial charge < -0.3 is 4.90 Å². The van der Waals surface area contributed by atoms with E-state index < -0.39 is 14.9 Å². The predicted octanol–water partition coefficient (Wildman–Crippen LogP) is 2.70. The van der Waals surface area contributed by atoms with E-state index in [1.807, 2.05) is 0 Å². The first-order valence-electron chi connectivity index (χ1n) is 9.58. The number of thiazole rings is 1. The molecule has 30 heavy (non-hydrogen) atoms. The molecule has 3 rings (SSSR count). The summed E-state index contributed by atoms with van der Waals surface area (Å²) in [6.07, 6.45) is 0.812. The van der Waals surface area contributed by atoms with Crippen LogP contribution >= 0.6 is 11.3 Å². The van der Waals surface area contributed by atoms with Crippen LogP contribution in [-0.4, -0.2) is 59.6 Å². The number of amides is 1. The van der Waals surface area contributed by atoms with Crippen LogP contribution in [0.25, 0.3) is 0 Å². The fourth-order valence-electron chi connectivity index (χ4n) is 3.26. The number of piperazine rings is 1. The molecule has 162 valence electrons. The van der Waals surface area contributed by atoms with Crippen molar-refractivity contribution in [3.8, 4) is 0 Å². The van der Waals surface area contributed by atoms with Crippen molar-refractivity contribution < 1.29 is 18.1 Å². The van der Waals surface area contributed by atoms with Gasteiger partial charge in [-0.3, -0.25) is 14.9 Å². The molecule has 1 aliphatic heterocycles. The molecule has 0 aliphatic carbocycles. The van der Waals surface area contributed by atoms with Crippen molar-refractivity contribution in [3.05, 3.63) is 50.0 Å². The fourth-order valence-corrected chi connectivity index (χ4v) is 5.91. The van der Waals surface area contributed by atoms with Crippen LogP contribution in [0.2, 0.25) is 0 Å². The van der Waals surface area contributed by atoms with E-state index in [-0.39, 0.29) is 42.7 Å². The molecule has 1 saturated heterocycles. The van der Waals surface area contributed by atoms with Gasteiger partial charge >= 0.3 is 0 Å². The minimum Gasteiger partial charge on any atom is -0.335 e. The molecular formula is C19H24N4O5S2. The van der Waals surface area contributed by atoms with Crippen LogP contribution in [0.15, 0.2) is 28.5 Å². The van der Waals surface area contributed by atoms with E-state index in [1.165, 1.54) is 27.8 Å². The maximum Gasteiger partial charge on any atom is 0.273 e. The number of carbonyl (C=O) groups is 1. The lowest BCUT2D eigenvalue weighted by Crippen LogP contribution is -2.50. The van der Waals surface area contributed by atoms with Gasteiger partial charge in [-0.25, -0.2) is 13.4 Å². The average molecular weight is 453 g/mol. The first kappa shape index (κ1) is 22.3. The van der Waals surface area contributed by atoms with Crippen molar-refractivity contribution in [2.45, 2.75) is 32.1 Å². The first-order chi connectivity index (χ1) is 14.1. The largest absolute Gasteiger partial charge is 0.335 e. The SMILES string of the molecule is Cc1ccc([N+](=O)[O-])cc1S(=O)(=O)N1CCN(C(=O)c2csc(CC(C)C)n2)CC1. The Bertz CT molecular complexity index is 1060. The molecule has 2 heterocycles. The second-order valence-corrected chi connectivity index (χ2v) is 10.5. The van der Waals surface area contributed by atoms with E-state index in [2.05, 4.69) is 18.8 Å². The molecular weight excluding hydrogens is 428 g/mol. The summed E-state index contributed by atoms with van der Waals surface area (Å²) in [5.74, 6) is 0.245. The van der Waals surface area contributed by atoms with Gasteiger partial charge in [-0.15, -0.1) is 11.3 Å². The highest BCUT2D eigenvalue weighted by molar-refractivity contribution is 7.89. The molecule has 1 aromatic heterocycles. The van der Waals surface area contributed by atoms with Crippen LogP contribution in [0.3, 0.4) is 0 Å². The summed E-state index contributed by atoms with van der Waals surface area (Å²) in [5.41, 5.74) is 0.564. The first-order valence-corrected chi connectivity index (χ1v) is 11.9. The topological polar surface area (TPSA) is 114 Å². The lowest BCUT2D eigenvalue weighted by Gasteiger charge is -2.33. The lowest BCUT2D eigenvalue weighted by molar-refractivity contribution is -0.385. The van der Waals surface area contributed by atoms with E-state index in [9.17, 15) is 23.3 Å². The van der Waals surface area contributed by atoms with E-state index in [0.29, 0.717) is 17.2 Å². The summed E-state index contributed by atoms with van der Waals surface area (Å²) in [7, 11) is -3.89. The molecule has 11 heteroatoms. The molecule has 0 N–H and O–H groups in total. The van der Waals surface area contributed by atoms with Crippen LogP contribution < -0.4 is 0 Å². The molecule has 0 bridgehead atoms. The number of aryl methyl sites for hydroxylation is 1. The molecule has 0 unspecified atom stereocenters. The Balaban J connectivity index is 1.70. The molecule has 0 spiro atoms. The highest BCUT2D eigenvalue weighted by Crippen LogP contribution is 2.26. The molecule has 1 aliphatic rings. The summed E-state index contributed by atoms with van der Waals surface area (Å²) in [4.78, 5) is 29.1. The van der Waals surface area contributed by atoms with Crippen molar-refractivity contribution in [3.63, 3.8) is 0 Å². The van der Waals surface area contributed by atoms with Crippen molar-refractivity contribution in [2.24, 2.45) is 5.92 Å². The summed E-state index contributed by atoms with van der Waals surface area (Å²) < 4.78 is 27.3. The maximum absolute atomic E-state index is 13.0. The summed E-state index contributed by atoms with van der Waals surface area (Å²) in [6.45, 7) is 6.51. The second-order valence-electron chi connectivity index (χ2n) is 7.63. The zero-order valence-corrected chi connectivity index (χ0v) is 18.7. The van der Waals surface area contributed by atoms with Gasteiger partial charge in [0.05, 0.1) is 14.8 Å². The quantitative estimate of drug-likeness (QED) is 0.492. The normalized spacial score (nSPS) is 15.5. The van der Waals surface area contributed by atoms with Crippen LogP contribution in [0.5, 0.6) is 0 Å². The summed E-state index contributed by atoms with van der Waals surface area (Å²) >= 11 is 1.46. The van der Waals surface area contributed by atoms with Gasteiger partial charge in [0.15, 0.2) is 0 Å². The van der Waals surface area contributed by atoms with Crippen LogP contribution in [0.1, 0.15) is 34.9 Å². The molecule has 0 radical (unpaired) electrons. The highest BCUT2D eigenvalue weighted by Gasteiger charge is 2.32. The Morgan fingerprint density at radius 3 is 2.53 bits per heavy atom. The lowest BCUT2D eigenvalue weighted by atomic mass is 10.1. The number of sulfonamides is 1. The van der Waals surface area contributed by atoms with Gasteiger partial charge in [0, 0.05) is 50.1 Å². The third-order valence-corrected chi connectivity index (χ3v) is 7.79. The van der Waals surface area contributed by atoms with E-state index in [0.717, 1.165) is 17.5 Å². The van der Waals surface area contributed by atoms with Crippen LogP contribution in [0, 0.1) is 23.0 Å². The third-order valence-electron chi connectivity index (χ3n) is 4.88. The Morgan fingerprint density at radius 1 is 1.27 bits per heavy atom. The van der Waals surface area contributed by atoms with Gasteiger partial charge in [-0.2, -0.15) is 4.31 Å². The number of hydrogen-bond acceptors (Lipinski definition) is 7. The van der Waals surface area contributed by atoms with Gasteiger partial charge in [-0.1, -0.05) is 19.9 Å². The van der Waals surface area contributed by atoms with E-state index in [1.54, 1.807) is 17.2 Å². The molecule has 1 fully saturated rings.